The minimum absolute atomic E-state index is 0.116. The van der Waals surface area contributed by atoms with Gasteiger partial charge in [0.25, 0.3) is 0 Å². The van der Waals surface area contributed by atoms with Gasteiger partial charge in [0.05, 0.1) is 29.0 Å². The van der Waals surface area contributed by atoms with E-state index in [4.69, 9.17) is 0 Å². The lowest BCUT2D eigenvalue weighted by Gasteiger charge is -2.11. The molecule has 2 rings (SSSR count). The average Bonchev–Trinajstić information content (AvgIpc) is 2.86. The van der Waals surface area contributed by atoms with E-state index in [1.807, 2.05) is 0 Å². The summed E-state index contributed by atoms with van der Waals surface area (Å²) in [4.78, 5) is 3.83. The number of aliphatic hydroxyl groups excluding tert-OH is 1. The van der Waals surface area contributed by atoms with Crippen LogP contribution in [0.25, 0.3) is 0 Å². The zero-order chi connectivity index (χ0) is 16.3. The molecule has 0 unspecified atom stereocenters. The molecule has 0 bridgehead atoms. The third-order valence-electron chi connectivity index (χ3n) is 2.92. The number of rotatable bonds is 5. The van der Waals surface area contributed by atoms with Gasteiger partial charge in [0.1, 0.15) is 6.33 Å². The molecule has 2 aromatic rings. The summed E-state index contributed by atoms with van der Waals surface area (Å²) in [6, 6.07) is 4.63. The Labute approximate surface area is 127 Å². The molecule has 0 radical (unpaired) electrons. The molecule has 1 aromatic carbocycles. The summed E-state index contributed by atoms with van der Waals surface area (Å²) in [6.07, 6.45) is -2.23. The van der Waals surface area contributed by atoms with Crippen LogP contribution in [-0.4, -0.2) is 36.4 Å². The molecule has 0 aliphatic heterocycles. The van der Waals surface area contributed by atoms with E-state index in [-0.39, 0.29) is 18.1 Å². The fourth-order valence-corrected chi connectivity index (χ4v) is 2.30. The second-order valence-electron chi connectivity index (χ2n) is 4.76. The summed E-state index contributed by atoms with van der Waals surface area (Å²) in [5, 5.41) is 14.0. The van der Waals surface area contributed by atoms with Gasteiger partial charge in [0.2, 0.25) is 5.16 Å². The SMILES string of the molecule is C[S@](=O)c1ncn(C[C@@H](O)Cc2ccc(C(F)(F)F)cc2)n1. The first-order valence-electron chi connectivity index (χ1n) is 6.33. The predicted molar refractivity (Wildman–Crippen MR) is 73.5 cm³/mol. The summed E-state index contributed by atoms with van der Waals surface area (Å²) in [5.74, 6) is 0. The van der Waals surface area contributed by atoms with Crippen LogP contribution >= 0.6 is 0 Å². The lowest BCUT2D eigenvalue weighted by molar-refractivity contribution is -0.137. The Morgan fingerprint density at radius 2 is 1.95 bits per heavy atom. The highest BCUT2D eigenvalue weighted by Crippen LogP contribution is 2.29. The maximum absolute atomic E-state index is 12.4. The van der Waals surface area contributed by atoms with Gasteiger partial charge >= 0.3 is 6.18 Å². The molecule has 0 spiro atoms. The van der Waals surface area contributed by atoms with Crippen LogP contribution in [0.1, 0.15) is 11.1 Å². The van der Waals surface area contributed by atoms with Crippen LogP contribution in [0.5, 0.6) is 0 Å². The molecule has 120 valence electrons. The Kier molecular flexibility index (Phi) is 4.97. The third-order valence-corrected chi connectivity index (χ3v) is 3.62. The van der Waals surface area contributed by atoms with E-state index < -0.39 is 28.6 Å². The summed E-state index contributed by atoms with van der Waals surface area (Å²) in [5.41, 5.74) is -0.142. The maximum Gasteiger partial charge on any atom is 0.416 e. The van der Waals surface area contributed by atoms with Gasteiger partial charge in [-0.25, -0.2) is 9.67 Å². The van der Waals surface area contributed by atoms with Crippen molar-refractivity contribution >= 4 is 10.8 Å². The minimum Gasteiger partial charge on any atom is -0.391 e. The Morgan fingerprint density at radius 3 is 2.45 bits per heavy atom. The molecule has 0 fully saturated rings. The van der Waals surface area contributed by atoms with Crippen molar-refractivity contribution in [2.45, 2.75) is 30.4 Å². The molecular formula is C13H14F3N3O2S. The quantitative estimate of drug-likeness (QED) is 0.903. The summed E-state index contributed by atoms with van der Waals surface area (Å²) in [6.45, 7) is 0.116. The number of aromatic nitrogens is 3. The van der Waals surface area contributed by atoms with Gasteiger partial charge < -0.3 is 5.11 Å². The molecule has 22 heavy (non-hydrogen) atoms. The molecule has 1 aromatic heterocycles. The van der Waals surface area contributed by atoms with Crippen molar-refractivity contribution in [3.05, 3.63) is 41.7 Å². The molecule has 0 saturated heterocycles. The van der Waals surface area contributed by atoms with Gasteiger partial charge in [-0.05, 0) is 17.7 Å². The van der Waals surface area contributed by atoms with Crippen molar-refractivity contribution in [1.82, 2.24) is 14.8 Å². The highest BCUT2D eigenvalue weighted by Gasteiger charge is 2.29. The molecule has 1 N–H and O–H groups in total. The van der Waals surface area contributed by atoms with Gasteiger partial charge in [-0.15, -0.1) is 5.10 Å². The monoisotopic (exact) mass is 333 g/mol. The zero-order valence-corrected chi connectivity index (χ0v) is 12.4. The second-order valence-corrected chi connectivity index (χ2v) is 6.03. The largest absolute Gasteiger partial charge is 0.416 e. The minimum atomic E-state index is -4.37. The molecule has 0 aliphatic rings. The van der Waals surface area contributed by atoms with Gasteiger partial charge in [0, 0.05) is 12.7 Å². The van der Waals surface area contributed by atoms with Crippen molar-refractivity contribution in [1.29, 1.82) is 0 Å². The average molecular weight is 333 g/mol. The van der Waals surface area contributed by atoms with Gasteiger partial charge in [-0.3, -0.25) is 4.21 Å². The summed E-state index contributed by atoms with van der Waals surface area (Å²) >= 11 is 0. The molecule has 2 atom stereocenters. The van der Waals surface area contributed by atoms with Crippen molar-refractivity contribution in [2.24, 2.45) is 0 Å². The third kappa shape index (κ3) is 4.38. The Balaban J connectivity index is 1.96. The fraction of sp³-hybridized carbons (Fsp3) is 0.385. The topological polar surface area (TPSA) is 68.0 Å². The van der Waals surface area contributed by atoms with Crippen LogP contribution in [-0.2, 0) is 29.9 Å². The number of alkyl halides is 3. The predicted octanol–water partition coefficient (Wildman–Crippen LogP) is 1.64. The van der Waals surface area contributed by atoms with E-state index in [2.05, 4.69) is 10.1 Å². The Morgan fingerprint density at radius 1 is 1.32 bits per heavy atom. The van der Waals surface area contributed by atoms with E-state index in [0.29, 0.717) is 5.56 Å². The molecule has 0 aliphatic carbocycles. The standard InChI is InChI=1S/C13H14F3N3O2S/c1-22(21)12-17-8-19(18-12)7-11(20)6-9-2-4-10(5-3-9)13(14,15)16/h2-5,8,11,20H,6-7H2,1H3/t11-,22-/m0/s1. The lowest BCUT2D eigenvalue weighted by Crippen LogP contribution is -2.19. The van der Waals surface area contributed by atoms with Crippen LogP contribution in [0.15, 0.2) is 35.7 Å². The van der Waals surface area contributed by atoms with Gasteiger partial charge in [-0.2, -0.15) is 13.2 Å². The van der Waals surface area contributed by atoms with Crippen LogP contribution in [0.3, 0.4) is 0 Å². The fourth-order valence-electron chi connectivity index (χ4n) is 1.88. The van der Waals surface area contributed by atoms with Crippen LogP contribution < -0.4 is 0 Å². The van der Waals surface area contributed by atoms with Crippen molar-refractivity contribution in [2.75, 3.05) is 6.26 Å². The Hall–Kier alpha value is -1.74. The zero-order valence-electron chi connectivity index (χ0n) is 11.6. The number of hydrogen-bond acceptors (Lipinski definition) is 4. The van der Waals surface area contributed by atoms with Gasteiger partial charge in [0.15, 0.2) is 0 Å². The van der Waals surface area contributed by atoms with Crippen molar-refractivity contribution in [3.8, 4) is 0 Å². The van der Waals surface area contributed by atoms with E-state index in [0.717, 1.165) is 12.1 Å². The first kappa shape index (κ1) is 16.6. The highest BCUT2D eigenvalue weighted by atomic mass is 32.2. The van der Waals surface area contributed by atoms with Crippen LogP contribution in [0.2, 0.25) is 0 Å². The van der Waals surface area contributed by atoms with Crippen molar-refractivity contribution < 1.29 is 22.5 Å². The number of nitrogens with zero attached hydrogens (tertiary/aromatic N) is 3. The van der Waals surface area contributed by atoms with E-state index >= 15 is 0 Å². The normalized spacial score (nSPS) is 14.8. The first-order chi connectivity index (χ1) is 10.3. The van der Waals surface area contributed by atoms with Crippen LogP contribution in [0.4, 0.5) is 13.2 Å². The smallest absolute Gasteiger partial charge is 0.391 e. The van der Waals surface area contributed by atoms with E-state index in [1.54, 1.807) is 0 Å². The number of benzene rings is 1. The first-order valence-corrected chi connectivity index (χ1v) is 7.88. The summed E-state index contributed by atoms with van der Waals surface area (Å²) < 4.78 is 49.9. The maximum atomic E-state index is 12.4. The van der Waals surface area contributed by atoms with Crippen LogP contribution in [0, 0.1) is 0 Å². The van der Waals surface area contributed by atoms with E-state index in [1.165, 1.54) is 29.4 Å². The number of halogens is 3. The molecule has 5 nitrogen and oxygen atoms in total. The second kappa shape index (κ2) is 6.57. The lowest BCUT2D eigenvalue weighted by atomic mass is 10.1. The van der Waals surface area contributed by atoms with E-state index in [9.17, 15) is 22.5 Å². The molecule has 0 amide bonds. The number of aliphatic hydroxyl groups is 1. The molecule has 1 heterocycles. The number of hydrogen-bond donors (Lipinski definition) is 1. The molecular weight excluding hydrogens is 319 g/mol. The molecule has 0 saturated carbocycles. The van der Waals surface area contributed by atoms with Gasteiger partial charge in [-0.1, -0.05) is 12.1 Å². The highest BCUT2D eigenvalue weighted by molar-refractivity contribution is 7.84. The van der Waals surface area contributed by atoms with Crippen molar-refractivity contribution in [3.63, 3.8) is 0 Å². The summed E-state index contributed by atoms with van der Waals surface area (Å²) in [7, 11) is -1.30. The molecule has 9 heteroatoms. The Bertz CT molecular complexity index is 655.